The molecule has 1 aliphatic carbocycles. The van der Waals surface area contributed by atoms with Crippen LogP contribution in [0.25, 0.3) is 22.2 Å². The number of benzene rings is 2. The molecule has 40 heavy (non-hydrogen) atoms. The summed E-state index contributed by atoms with van der Waals surface area (Å²) in [4.78, 5) is 22.3. The van der Waals surface area contributed by atoms with Gasteiger partial charge in [-0.1, -0.05) is 48.4 Å². The lowest BCUT2D eigenvalue weighted by atomic mass is 9.81. The molecule has 0 unspecified atom stereocenters. The summed E-state index contributed by atoms with van der Waals surface area (Å²) in [5.74, 6) is 1.01. The van der Waals surface area contributed by atoms with Crippen molar-refractivity contribution >= 4 is 27.0 Å². The number of fused-ring (bicyclic) bond motifs is 4. The Bertz CT molecular complexity index is 1460. The van der Waals surface area contributed by atoms with Crippen LogP contribution in [0.3, 0.4) is 0 Å². The Kier molecular flexibility index (Phi) is 8.80. The van der Waals surface area contributed by atoms with Gasteiger partial charge in [-0.3, -0.25) is 9.63 Å². The molecule has 3 aromatic rings. The van der Waals surface area contributed by atoms with Gasteiger partial charge in [0.15, 0.2) is 6.61 Å². The Morgan fingerprint density at radius 3 is 2.45 bits per heavy atom. The van der Waals surface area contributed by atoms with Crippen molar-refractivity contribution in [2.45, 2.75) is 57.5 Å². The highest BCUT2D eigenvalue weighted by Gasteiger charge is 2.27. The number of ether oxygens (including phenoxy) is 1. The minimum Gasteiger partial charge on any atom is -0.483 e. The van der Waals surface area contributed by atoms with E-state index in [1.165, 1.54) is 41.6 Å². The second-order valence-corrected chi connectivity index (χ2v) is 12.8. The number of aromatic nitrogens is 1. The number of hydrogen-bond acceptors (Lipinski definition) is 5. The highest BCUT2D eigenvalue weighted by atomic mass is 32.2. The number of aryl methyl sites for hydroxylation is 1. The summed E-state index contributed by atoms with van der Waals surface area (Å²) in [6.45, 7) is 0.870. The van der Waals surface area contributed by atoms with E-state index in [9.17, 15) is 13.2 Å². The van der Waals surface area contributed by atoms with E-state index in [0.29, 0.717) is 37.6 Å². The molecule has 10 heteroatoms. The maximum atomic E-state index is 12.9. The topological polar surface area (TPSA) is 93.1 Å². The van der Waals surface area contributed by atoms with Gasteiger partial charge in [0.05, 0.1) is 12.3 Å². The highest BCUT2D eigenvalue weighted by Crippen LogP contribution is 2.45. The summed E-state index contributed by atoms with van der Waals surface area (Å²) >= 11 is 0. The molecule has 216 valence electrons. The van der Waals surface area contributed by atoms with Gasteiger partial charge in [0.25, 0.3) is 5.91 Å². The molecule has 2 heterocycles. The van der Waals surface area contributed by atoms with Crippen molar-refractivity contribution in [1.82, 2.24) is 18.7 Å². The number of hydrogen-bond donors (Lipinski definition) is 1. The molecule has 1 fully saturated rings. The Labute approximate surface area is 237 Å². The standard InChI is InChI=1S/C30H40N4O5S/c1-32-17-9-10-18-33(2)40(36,37)31-39-20-22-15-16-24-26(19-22)34(3)30(29(24)23-11-5-4-6-12-23)25-13-7-8-14-27(25)38-21-28(32)35/h7-8,13-16,19,23,31H,4-6,9-12,17-18,20-21H2,1-3H3. The zero-order valence-electron chi connectivity index (χ0n) is 23.7. The smallest absolute Gasteiger partial charge is 0.301 e. The fourth-order valence-electron chi connectivity index (χ4n) is 5.95. The van der Waals surface area contributed by atoms with Crippen molar-refractivity contribution in [2.24, 2.45) is 7.05 Å². The maximum absolute atomic E-state index is 12.9. The van der Waals surface area contributed by atoms with Crippen LogP contribution in [0.4, 0.5) is 0 Å². The zero-order chi connectivity index (χ0) is 28.3. The van der Waals surface area contributed by atoms with Gasteiger partial charge >= 0.3 is 10.2 Å². The van der Waals surface area contributed by atoms with Crippen LogP contribution in [-0.2, 0) is 33.5 Å². The van der Waals surface area contributed by atoms with Crippen LogP contribution < -0.4 is 9.62 Å². The fraction of sp³-hybridized carbons (Fsp3) is 0.500. The van der Waals surface area contributed by atoms with Crippen LogP contribution >= 0.6 is 0 Å². The lowest BCUT2D eigenvalue weighted by Crippen LogP contribution is -2.39. The van der Waals surface area contributed by atoms with Crippen LogP contribution in [0, 0.1) is 0 Å². The summed E-state index contributed by atoms with van der Waals surface area (Å²) in [6.07, 6.45) is 7.22. The minimum absolute atomic E-state index is 0.0596. The van der Waals surface area contributed by atoms with E-state index >= 15 is 0 Å². The molecule has 3 bridgehead atoms. The third-order valence-electron chi connectivity index (χ3n) is 8.27. The van der Waals surface area contributed by atoms with E-state index in [2.05, 4.69) is 34.7 Å². The number of carbonyl (C=O) groups excluding carboxylic acids is 1. The first-order valence-corrected chi connectivity index (χ1v) is 15.6. The number of nitrogens with one attached hydrogen (secondary N) is 1. The van der Waals surface area contributed by atoms with Gasteiger partial charge in [0.2, 0.25) is 0 Å². The first kappa shape index (κ1) is 28.6. The maximum Gasteiger partial charge on any atom is 0.301 e. The first-order valence-electron chi connectivity index (χ1n) is 14.2. The van der Waals surface area contributed by atoms with Crippen molar-refractivity contribution in [3.05, 3.63) is 53.6 Å². The molecule has 0 radical (unpaired) electrons. The van der Waals surface area contributed by atoms with E-state index in [1.54, 1.807) is 11.9 Å². The Morgan fingerprint density at radius 2 is 1.65 bits per heavy atom. The third kappa shape index (κ3) is 6.05. The number of likely N-dealkylation sites (N-methyl/N-ethyl adjacent to an activating group) is 1. The molecule has 1 N–H and O–H groups in total. The summed E-state index contributed by atoms with van der Waals surface area (Å²) in [5, 5.41) is 1.19. The Hall–Kier alpha value is -2.92. The van der Waals surface area contributed by atoms with E-state index in [1.807, 2.05) is 24.3 Å². The van der Waals surface area contributed by atoms with Gasteiger partial charge in [-0.2, -0.15) is 12.7 Å². The van der Waals surface area contributed by atoms with Crippen molar-refractivity contribution in [1.29, 1.82) is 0 Å². The second-order valence-electron chi connectivity index (χ2n) is 11.0. The van der Waals surface area contributed by atoms with Gasteiger partial charge in [-0.05, 0) is 60.9 Å². The van der Waals surface area contributed by atoms with E-state index in [0.717, 1.165) is 35.2 Å². The van der Waals surface area contributed by atoms with E-state index < -0.39 is 10.2 Å². The number of nitrogens with zero attached hydrogens (tertiary/aromatic N) is 3. The minimum atomic E-state index is -3.79. The van der Waals surface area contributed by atoms with E-state index in [4.69, 9.17) is 9.57 Å². The fourth-order valence-corrected chi connectivity index (χ4v) is 6.65. The molecule has 1 amide bonds. The van der Waals surface area contributed by atoms with Crippen molar-refractivity contribution in [3.63, 3.8) is 0 Å². The van der Waals surface area contributed by atoms with Crippen LogP contribution in [0.2, 0.25) is 0 Å². The third-order valence-corrected chi connectivity index (χ3v) is 9.60. The molecular weight excluding hydrogens is 528 g/mol. The predicted molar refractivity (Wildman–Crippen MR) is 156 cm³/mol. The second kappa shape index (κ2) is 12.3. The van der Waals surface area contributed by atoms with Crippen molar-refractivity contribution in [2.75, 3.05) is 33.8 Å². The van der Waals surface area contributed by atoms with Crippen molar-refractivity contribution in [3.8, 4) is 17.0 Å². The summed E-state index contributed by atoms with van der Waals surface area (Å²) in [7, 11) is 1.54. The lowest BCUT2D eigenvalue weighted by molar-refractivity contribution is -0.132. The number of amides is 1. The molecule has 0 spiro atoms. The number of para-hydroxylation sites is 1. The van der Waals surface area contributed by atoms with Crippen LogP contribution in [0.1, 0.15) is 62.0 Å². The average Bonchev–Trinajstić information content (AvgIpc) is 3.25. The molecule has 1 aromatic heterocycles. The average molecular weight is 569 g/mol. The molecule has 5 rings (SSSR count). The quantitative estimate of drug-likeness (QED) is 0.459. The van der Waals surface area contributed by atoms with Gasteiger partial charge < -0.3 is 14.2 Å². The SMILES string of the molecule is CN1CCCCN(C)S(=O)(=O)NOCc2ccc3c(C4CCCCC4)c(n(C)c3c2)-c2ccccc2OCC1=O. The molecule has 1 saturated carbocycles. The van der Waals surface area contributed by atoms with Crippen LogP contribution in [-0.4, -0.2) is 61.9 Å². The van der Waals surface area contributed by atoms with E-state index in [-0.39, 0.29) is 19.1 Å². The molecule has 2 aliphatic rings. The van der Waals surface area contributed by atoms with Gasteiger partial charge in [-0.25, -0.2) is 0 Å². The van der Waals surface area contributed by atoms with Crippen LogP contribution in [0.15, 0.2) is 42.5 Å². The molecule has 2 aromatic carbocycles. The molecule has 9 nitrogen and oxygen atoms in total. The molecule has 0 saturated heterocycles. The number of rotatable bonds is 1. The predicted octanol–water partition coefficient (Wildman–Crippen LogP) is 4.72. The molecular formula is C30H40N4O5S. The lowest BCUT2D eigenvalue weighted by Gasteiger charge is -2.24. The van der Waals surface area contributed by atoms with Crippen molar-refractivity contribution < 1.29 is 22.8 Å². The number of carbonyl (C=O) groups is 1. The summed E-state index contributed by atoms with van der Waals surface area (Å²) in [6, 6.07) is 14.2. The summed E-state index contributed by atoms with van der Waals surface area (Å²) in [5.41, 5.74) is 5.31. The van der Waals surface area contributed by atoms with Crippen LogP contribution in [0.5, 0.6) is 5.75 Å². The van der Waals surface area contributed by atoms with Gasteiger partial charge in [0.1, 0.15) is 5.75 Å². The zero-order valence-corrected chi connectivity index (χ0v) is 24.5. The summed E-state index contributed by atoms with van der Waals surface area (Å²) < 4.78 is 34.9. The largest absolute Gasteiger partial charge is 0.483 e. The molecule has 0 atom stereocenters. The molecule has 1 aliphatic heterocycles. The Balaban J connectivity index is 1.59. The van der Waals surface area contributed by atoms with Gasteiger partial charge in [-0.15, -0.1) is 0 Å². The van der Waals surface area contributed by atoms with Gasteiger partial charge in [0, 0.05) is 50.7 Å². The first-order chi connectivity index (χ1) is 19.3. The Morgan fingerprint density at radius 1 is 0.900 bits per heavy atom. The monoisotopic (exact) mass is 568 g/mol. The highest BCUT2D eigenvalue weighted by molar-refractivity contribution is 7.86. The normalized spacial score (nSPS) is 20.5.